The number of hydrogen-bond donors (Lipinski definition) is 1. The van der Waals surface area contributed by atoms with E-state index in [1.165, 1.54) is 11.1 Å². The van der Waals surface area contributed by atoms with Crippen molar-refractivity contribution in [1.82, 2.24) is 4.90 Å². The average molecular weight is 263 g/mol. The molecule has 1 atom stereocenters. The Kier molecular flexibility index (Phi) is 4.83. The van der Waals surface area contributed by atoms with Gasteiger partial charge in [0.25, 0.3) is 0 Å². The number of aliphatic hydroxyl groups excluding tert-OH is 1. The van der Waals surface area contributed by atoms with Gasteiger partial charge in [-0.1, -0.05) is 17.7 Å². The van der Waals surface area contributed by atoms with E-state index < -0.39 is 0 Å². The highest BCUT2D eigenvalue weighted by Gasteiger charge is 2.28. The van der Waals surface area contributed by atoms with E-state index in [0.29, 0.717) is 5.92 Å². The molecule has 0 saturated carbocycles. The molecule has 19 heavy (non-hydrogen) atoms. The highest BCUT2D eigenvalue weighted by Crippen LogP contribution is 2.37. The average Bonchev–Trinajstić information content (AvgIpc) is 2.42. The molecule has 0 spiro atoms. The summed E-state index contributed by atoms with van der Waals surface area (Å²) in [5.41, 5.74) is 2.39. The maximum atomic E-state index is 9.84. The molecule has 3 nitrogen and oxygen atoms in total. The lowest BCUT2D eigenvalue weighted by atomic mass is 9.80. The summed E-state index contributed by atoms with van der Waals surface area (Å²) in [6.45, 7) is 4.53. The molecule has 1 aliphatic rings. The molecule has 0 aromatic heterocycles. The van der Waals surface area contributed by atoms with Crippen LogP contribution in [0.2, 0.25) is 0 Å². The van der Waals surface area contributed by atoms with Crippen LogP contribution < -0.4 is 4.74 Å². The van der Waals surface area contributed by atoms with Crippen molar-refractivity contribution >= 4 is 0 Å². The predicted molar refractivity (Wildman–Crippen MR) is 77.8 cm³/mol. The van der Waals surface area contributed by atoms with Gasteiger partial charge in [-0.3, -0.25) is 0 Å². The zero-order valence-electron chi connectivity index (χ0n) is 12.2. The molecule has 1 heterocycles. The minimum absolute atomic E-state index is 0.198. The Morgan fingerprint density at radius 2 is 2.05 bits per heavy atom. The molecular formula is C16H25NO2. The smallest absolute Gasteiger partial charge is 0.122 e. The van der Waals surface area contributed by atoms with Crippen LogP contribution in [-0.2, 0) is 0 Å². The fourth-order valence-corrected chi connectivity index (χ4v) is 3.08. The second-order valence-corrected chi connectivity index (χ2v) is 5.68. The quantitative estimate of drug-likeness (QED) is 0.905. The molecule has 1 unspecified atom stereocenters. The van der Waals surface area contributed by atoms with Crippen LogP contribution in [0.25, 0.3) is 0 Å². The first-order chi connectivity index (χ1) is 9.15. The zero-order valence-corrected chi connectivity index (χ0v) is 12.2. The minimum atomic E-state index is 0.198. The van der Waals surface area contributed by atoms with Crippen molar-refractivity contribution < 1.29 is 9.84 Å². The van der Waals surface area contributed by atoms with E-state index in [2.05, 4.69) is 31.0 Å². The molecule has 106 valence electrons. The summed E-state index contributed by atoms with van der Waals surface area (Å²) >= 11 is 0. The number of benzene rings is 1. The van der Waals surface area contributed by atoms with Gasteiger partial charge in [0.1, 0.15) is 5.75 Å². The lowest BCUT2D eigenvalue weighted by Gasteiger charge is -2.34. The van der Waals surface area contributed by atoms with Crippen molar-refractivity contribution in [2.24, 2.45) is 5.92 Å². The first-order valence-corrected chi connectivity index (χ1v) is 7.09. The Balaban J connectivity index is 2.23. The van der Waals surface area contributed by atoms with Crippen molar-refractivity contribution in [3.8, 4) is 5.75 Å². The number of aliphatic hydroxyl groups is 1. The van der Waals surface area contributed by atoms with Crippen molar-refractivity contribution in [2.45, 2.75) is 25.7 Å². The fraction of sp³-hybridized carbons (Fsp3) is 0.625. The summed E-state index contributed by atoms with van der Waals surface area (Å²) in [5.74, 6) is 1.66. The Bertz CT molecular complexity index is 411. The maximum Gasteiger partial charge on any atom is 0.122 e. The van der Waals surface area contributed by atoms with Gasteiger partial charge in [-0.15, -0.1) is 0 Å². The molecular weight excluding hydrogens is 238 g/mol. The van der Waals surface area contributed by atoms with E-state index >= 15 is 0 Å². The Labute approximate surface area is 116 Å². The predicted octanol–water partition coefficient (Wildman–Crippen LogP) is 2.42. The number of hydrogen-bond acceptors (Lipinski definition) is 3. The second-order valence-electron chi connectivity index (χ2n) is 5.68. The molecule has 2 rings (SSSR count). The van der Waals surface area contributed by atoms with Crippen molar-refractivity contribution in [2.75, 3.05) is 33.9 Å². The lowest BCUT2D eigenvalue weighted by molar-refractivity contribution is 0.155. The van der Waals surface area contributed by atoms with Crippen LogP contribution in [0.5, 0.6) is 5.75 Å². The van der Waals surface area contributed by atoms with E-state index in [0.717, 1.165) is 31.7 Å². The minimum Gasteiger partial charge on any atom is -0.496 e. The third kappa shape index (κ3) is 3.28. The van der Waals surface area contributed by atoms with E-state index in [4.69, 9.17) is 4.74 Å². The molecule has 1 fully saturated rings. The number of ether oxygens (including phenoxy) is 1. The zero-order chi connectivity index (χ0) is 13.8. The van der Waals surface area contributed by atoms with Gasteiger partial charge in [0.05, 0.1) is 13.7 Å². The van der Waals surface area contributed by atoms with Crippen LogP contribution in [0.4, 0.5) is 0 Å². The van der Waals surface area contributed by atoms with Gasteiger partial charge in [-0.2, -0.15) is 0 Å². The molecule has 0 aliphatic carbocycles. The van der Waals surface area contributed by atoms with E-state index in [-0.39, 0.29) is 12.5 Å². The van der Waals surface area contributed by atoms with E-state index in [1.54, 1.807) is 7.11 Å². The number of piperidine rings is 1. The van der Waals surface area contributed by atoms with Crippen LogP contribution in [0.3, 0.4) is 0 Å². The van der Waals surface area contributed by atoms with Crippen LogP contribution >= 0.6 is 0 Å². The summed E-state index contributed by atoms with van der Waals surface area (Å²) in [6.07, 6.45) is 2.30. The third-order valence-corrected chi connectivity index (χ3v) is 4.31. The largest absolute Gasteiger partial charge is 0.496 e. The van der Waals surface area contributed by atoms with Crippen LogP contribution in [0.1, 0.15) is 29.9 Å². The Hall–Kier alpha value is -1.06. The fourth-order valence-electron chi connectivity index (χ4n) is 3.08. The number of aryl methyl sites for hydroxylation is 1. The topological polar surface area (TPSA) is 32.7 Å². The molecule has 0 amide bonds. The molecule has 0 bridgehead atoms. The van der Waals surface area contributed by atoms with E-state index in [1.807, 2.05) is 6.07 Å². The summed E-state index contributed by atoms with van der Waals surface area (Å²) in [5, 5.41) is 9.84. The number of methoxy groups -OCH3 is 1. The van der Waals surface area contributed by atoms with Crippen molar-refractivity contribution in [3.63, 3.8) is 0 Å². The van der Waals surface area contributed by atoms with Gasteiger partial charge in [-0.25, -0.2) is 0 Å². The standard InChI is InChI=1S/C16H25NO2/c1-12-4-5-16(19-3)14(10-12)15(11-18)13-6-8-17(2)9-7-13/h4-5,10,13,15,18H,6-9,11H2,1-3H3. The molecule has 1 aromatic rings. The summed E-state index contributed by atoms with van der Waals surface area (Å²) in [7, 11) is 3.87. The van der Waals surface area contributed by atoms with Crippen molar-refractivity contribution in [1.29, 1.82) is 0 Å². The highest BCUT2D eigenvalue weighted by atomic mass is 16.5. The first kappa shape index (κ1) is 14.4. The Morgan fingerprint density at radius 3 is 2.63 bits per heavy atom. The van der Waals surface area contributed by atoms with Crippen molar-refractivity contribution in [3.05, 3.63) is 29.3 Å². The number of rotatable bonds is 4. The third-order valence-electron chi connectivity index (χ3n) is 4.31. The van der Waals surface area contributed by atoms with E-state index in [9.17, 15) is 5.11 Å². The van der Waals surface area contributed by atoms with Crippen LogP contribution in [0, 0.1) is 12.8 Å². The maximum absolute atomic E-state index is 9.84. The van der Waals surface area contributed by atoms with Gasteiger partial charge in [0.2, 0.25) is 0 Å². The van der Waals surface area contributed by atoms with Gasteiger partial charge < -0.3 is 14.7 Å². The van der Waals surface area contributed by atoms with Crippen LogP contribution in [-0.4, -0.2) is 43.9 Å². The Morgan fingerprint density at radius 1 is 1.37 bits per heavy atom. The monoisotopic (exact) mass is 263 g/mol. The van der Waals surface area contributed by atoms with Gasteiger partial charge in [0, 0.05) is 11.5 Å². The molecule has 1 N–H and O–H groups in total. The van der Waals surface area contributed by atoms with Gasteiger partial charge in [0.15, 0.2) is 0 Å². The molecule has 1 saturated heterocycles. The molecule has 0 radical (unpaired) electrons. The lowest BCUT2D eigenvalue weighted by Crippen LogP contribution is -2.33. The SMILES string of the molecule is COc1ccc(C)cc1C(CO)C1CCN(C)CC1. The number of nitrogens with zero attached hydrogens (tertiary/aromatic N) is 1. The molecule has 1 aliphatic heterocycles. The normalized spacial score (nSPS) is 19.4. The summed E-state index contributed by atoms with van der Waals surface area (Å²) in [6, 6.07) is 6.24. The first-order valence-electron chi connectivity index (χ1n) is 7.09. The van der Waals surface area contributed by atoms with Crippen LogP contribution in [0.15, 0.2) is 18.2 Å². The molecule has 1 aromatic carbocycles. The van der Waals surface area contributed by atoms with Gasteiger partial charge in [-0.05, 0) is 51.9 Å². The second kappa shape index (κ2) is 6.40. The van der Waals surface area contributed by atoms with Gasteiger partial charge >= 0.3 is 0 Å². The highest BCUT2D eigenvalue weighted by molar-refractivity contribution is 5.40. The number of likely N-dealkylation sites (tertiary alicyclic amines) is 1. The summed E-state index contributed by atoms with van der Waals surface area (Å²) < 4.78 is 5.47. The summed E-state index contributed by atoms with van der Waals surface area (Å²) in [4.78, 5) is 2.36. The molecule has 3 heteroatoms.